The van der Waals surface area contributed by atoms with Crippen LogP contribution in [0.15, 0.2) is 77.7 Å². The van der Waals surface area contributed by atoms with Gasteiger partial charge in [0.15, 0.2) is 5.82 Å². The van der Waals surface area contributed by atoms with Crippen molar-refractivity contribution in [1.29, 1.82) is 0 Å². The van der Waals surface area contributed by atoms with Gasteiger partial charge in [-0.2, -0.15) is 4.98 Å². The second-order valence-corrected chi connectivity index (χ2v) is 10.7. The summed E-state index contributed by atoms with van der Waals surface area (Å²) >= 11 is 0. The number of nitrogens with one attached hydrogen (secondary N) is 5. The van der Waals surface area contributed by atoms with E-state index in [1.165, 1.54) is 6.92 Å². The van der Waals surface area contributed by atoms with Crippen LogP contribution < -0.4 is 26.8 Å². The molecular weight excluding hydrogens is 572 g/mol. The molecule has 0 radical (unpaired) electrons. The van der Waals surface area contributed by atoms with E-state index in [-0.39, 0.29) is 36.3 Å². The lowest BCUT2D eigenvalue weighted by Crippen LogP contribution is -2.48. The number of aliphatic hydroxyl groups is 2. The van der Waals surface area contributed by atoms with Crippen molar-refractivity contribution in [2.75, 3.05) is 22.5 Å². The number of nitrogens with zero attached hydrogens (tertiary/aromatic N) is 1. The van der Waals surface area contributed by atoms with E-state index in [4.69, 9.17) is 0 Å². The molecule has 2 amide bonds. The van der Waals surface area contributed by atoms with E-state index in [0.29, 0.717) is 6.42 Å². The van der Waals surface area contributed by atoms with E-state index in [1.54, 1.807) is 6.92 Å². The maximum Gasteiger partial charge on any atom is 0.277 e. The standard InChI is InChI=1S/C34H50N6O5/c1-4-5-6-7-8-9-10-11-12-13-14-15-16-17-18-19-20-21-22-23-28(42)36-25(2)32(44)39-34-38-31-29(33(45)40-34)37-27(24-35-31)30(43)26(3)41/h5-6,8-9,11-12,14-15,17-18,20-21,25-27,30,37,41,43H,4,7,10,13,16,19,22-24H2,1-3H3,(H,36,42)(H3,35,38,39,40,44,45). The van der Waals surface area contributed by atoms with E-state index in [0.717, 1.165) is 38.5 Å². The average Bonchev–Trinajstić information content (AvgIpc) is 3.01. The third-order valence-corrected chi connectivity index (χ3v) is 6.79. The quantitative estimate of drug-likeness (QED) is 0.110. The molecule has 4 unspecified atom stereocenters. The Labute approximate surface area is 266 Å². The minimum absolute atomic E-state index is 0.0772. The number of allylic oxidation sites excluding steroid dienone is 12. The number of aliphatic hydroxyl groups excluding tert-OH is 2. The number of aromatic nitrogens is 2. The first-order valence-corrected chi connectivity index (χ1v) is 15.7. The molecule has 0 saturated carbocycles. The van der Waals surface area contributed by atoms with Crippen molar-refractivity contribution in [2.45, 2.75) is 96.4 Å². The second kappa shape index (κ2) is 21.5. The molecule has 1 aliphatic rings. The Hall–Kier alpha value is -4.22. The summed E-state index contributed by atoms with van der Waals surface area (Å²) in [6, 6.07) is -1.44. The van der Waals surface area contributed by atoms with Crippen molar-refractivity contribution in [3.05, 3.63) is 83.3 Å². The molecule has 11 heteroatoms. The Balaban J connectivity index is 1.61. The summed E-state index contributed by atoms with van der Waals surface area (Å²) in [5, 5.41) is 30.6. The highest BCUT2D eigenvalue weighted by atomic mass is 16.3. The van der Waals surface area contributed by atoms with Gasteiger partial charge >= 0.3 is 0 Å². The Kier molecular flexibility index (Phi) is 17.6. The lowest BCUT2D eigenvalue weighted by atomic mass is 10.0. The Bertz CT molecular complexity index is 1290. The SMILES string of the molecule is CCC=CCC=CCC=CCC=CCC=CCC=CCCC(=O)NC(C)C(=O)Nc1nc2c(c(=O)[nH]1)NC(C(O)C(C)O)CN2. The van der Waals surface area contributed by atoms with Crippen LogP contribution in [0.25, 0.3) is 0 Å². The number of aromatic amines is 1. The maximum atomic E-state index is 12.6. The Morgan fingerprint density at radius 3 is 1.96 bits per heavy atom. The van der Waals surface area contributed by atoms with Crippen LogP contribution >= 0.6 is 0 Å². The molecule has 45 heavy (non-hydrogen) atoms. The van der Waals surface area contributed by atoms with Crippen LogP contribution in [0.2, 0.25) is 0 Å². The number of rotatable bonds is 19. The normalized spacial score (nSPS) is 17.2. The van der Waals surface area contributed by atoms with Gasteiger partial charge in [-0.15, -0.1) is 0 Å². The lowest BCUT2D eigenvalue weighted by Gasteiger charge is -2.31. The summed E-state index contributed by atoms with van der Waals surface area (Å²) in [6.07, 6.45) is 29.9. The van der Waals surface area contributed by atoms with Gasteiger partial charge in [0.05, 0.1) is 12.1 Å². The van der Waals surface area contributed by atoms with E-state index >= 15 is 0 Å². The first kappa shape index (κ1) is 37.0. The van der Waals surface area contributed by atoms with Crippen LogP contribution in [0.1, 0.15) is 72.1 Å². The molecule has 0 saturated heterocycles. The molecule has 246 valence electrons. The zero-order valence-electron chi connectivity index (χ0n) is 26.7. The molecule has 1 aliphatic heterocycles. The topological polar surface area (TPSA) is 168 Å². The van der Waals surface area contributed by atoms with Crippen LogP contribution in [0.4, 0.5) is 17.5 Å². The number of carbonyl (C=O) groups is 2. The molecule has 7 N–H and O–H groups in total. The van der Waals surface area contributed by atoms with Crippen molar-refractivity contribution < 1.29 is 19.8 Å². The fourth-order valence-corrected chi connectivity index (χ4v) is 4.24. The largest absolute Gasteiger partial charge is 0.391 e. The van der Waals surface area contributed by atoms with Gasteiger partial charge in [-0.25, -0.2) is 0 Å². The van der Waals surface area contributed by atoms with Gasteiger partial charge in [0.1, 0.15) is 17.8 Å². The molecule has 1 aromatic rings. The van der Waals surface area contributed by atoms with Gasteiger partial charge in [0.25, 0.3) is 5.56 Å². The number of anilines is 3. The van der Waals surface area contributed by atoms with E-state index in [1.807, 2.05) is 12.2 Å². The van der Waals surface area contributed by atoms with Gasteiger partial charge in [0, 0.05) is 13.0 Å². The fourth-order valence-electron chi connectivity index (χ4n) is 4.24. The molecule has 0 spiro atoms. The molecule has 0 fully saturated rings. The molecule has 11 nitrogen and oxygen atoms in total. The van der Waals surface area contributed by atoms with E-state index in [2.05, 4.69) is 98.9 Å². The van der Waals surface area contributed by atoms with Crippen LogP contribution in [0.5, 0.6) is 0 Å². The van der Waals surface area contributed by atoms with E-state index < -0.39 is 35.8 Å². The van der Waals surface area contributed by atoms with Crippen LogP contribution in [-0.4, -0.2) is 62.8 Å². The minimum Gasteiger partial charge on any atom is -0.391 e. The summed E-state index contributed by atoms with van der Waals surface area (Å²) in [5.74, 6) is -0.674. The van der Waals surface area contributed by atoms with Gasteiger partial charge in [0.2, 0.25) is 17.8 Å². The molecule has 2 rings (SSSR count). The number of hydrogen-bond donors (Lipinski definition) is 7. The molecule has 0 aliphatic carbocycles. The van der Waals surface area contributed by atoms with Crippen molar-refractivity contribution >= 4 is 29.3 Å². The summed E-state index contributed by atoms with van der Waals surface area (Å²) < 4.78 is 0. The van der Waals surface area contributed by atoms with Crippen molar-refractivity contribution in [3.8, 4) is 0 Å². The molecule has 1 aromatic heterocycles. The fraction of sp³-hybridized carbons (Fsp3) is 0.471. The highest BCUT2D eigenvalue weighted by molar-refractivity contribution is 5.96. The number of fused-ring (bicyclic) bond motifs is 1. The molecule has 0 aromatic carbocycles. The predicted molar refractivity (Wildman–Crippen MR) is 182 cm³/mol. The molecule has 0 bridgehead atoms. The average molecular weight is 623 g/mol. The second-order valence-electron chi connectivity index (χ2n) is 10.7. The predicted octanol–water partition coefficient (Wildman–Crippen LogP) is 4.64. The van der Waals surface area contributed by atoms with Crippen molar-refractivity contribution in [3.63, 3.8) is 0 Å². The van der Waals surface area contributed by atoms with Gasteiger partial charge in [-0.05, 0) is 58.8 Å². The van der Waals surface area contributed by atoms with Crippen LogP contribution in [0.3, 0.4) is 0 Å². The van der Waals surface area contributed by atoms with Gasteiger partial charge in [-0.3, -0.25) is 24.7 Å². The van der Waals surface area contributed by atoms with E-state index in [9.17, 15) is 24.6 Å². The summed E-state index contributed by atoms with van der Waals surface area (Å²) in [6.45, 7) is 5.35. The third-order valence-electron chi connectivity index (χ3n) is 6.79. The number of carbonyl (C=O) groups excluding carboxylic acids is 2. The monoisotopic (exact) mass is 622 g/mol. The smallest absolute Gasteiger partial charge is 0.277 e. The zero-order valence-corrected chi connectivity index (χ0v) is 26.7. The highest BCUT2D eigenvalue weighted by Crippen LogP contribution is 2.22. The van der Waals surface area contributed by atoms with Gasteiger partial charge in [-0.1, -0.05) is 79.8 Å². The van der Waals surface area contributed by atoms with Crippen LogP contribution in [-0.2, 0) is 9.59 Å². The zero-order chi connectivity index (χ0) is 32.9. The number of hydrogen-bond acceptors (Lipinski definition) is 8. The third kappa shape index (κ3) is 14.9. The van der Waals surface area contributed by atoms with Crippen LogP contribution in [0, 0.1) is 0 Å². The molecular formula is C34H50N6O5. The first-order valence-electron chi connectivity index (χ1n) is 15.7. The van der Waals surface area contributed by atoms with Crippen molar-refractivity contribution in [2.24, 2.45) is 0 Å². The molecule has 4 atom stereocenters. The molecule has 2 heterocycles. The minimum atomic E-state index is -1.09. The van der Waals surface area contributed by atoms with Gasteiger partial charge < -0.3 is 26.2 Å². The summed E-state index contributed by atoms with van der Waals surface area (Å²) in [4.78, 5) is 44.1. The summed E-state index contributed by atoms with van der Waals surface area (Å²) in [5.41, 5.74) is -0.460. The maximum absolute atomic E-state index is 12.6. The number of amides is 2. The first-order chi connectivity index (χ1) is 21.7. The lowest BCUT2D eigenvalue weighted by molar-refractivity contribution is -0.126. The summed E-state index contributed by atoms with van der Waals surface area (Å²) in [7, 11) is 0. The Morgan fingerprint density at radius 2 is 1.42 bits per heavy atom. The Morgan fingerprint density at radius 1 is 0.889 bits per heavy atom. The highest BCUT2D eigenvalue weighted by Gasteiger charge is 2.29. The number of H-pyrrole nitrogens is 1. The van der Waals surface area contributed by atoms with Crippen molar-refractivity contribution in [1.82, 2.24) is 15.3 Å².